The van der Waals surface area contributed by atoms with Gasteiger partial charge in [-0.3, -0.25) is 13.9 Å². The van der Waals surface area contributed by atoms with Crippen LogP contribution in [0.1, 0.15) is 10.4 Å². The van der Waals surface area contributed by atoms with Crippen LogP contribution in [0.2, 0.25) is 0 Å². The maximum Gasteiger partial charge on any atom is 0.333 e. The maximum atomic E-state index is 13.3. The fourth-order valence-electron chi connectivity index (χ4n) is 4.53. The molecule has 0 N–H and O–H groups in total. The van der Waals surface area contributed by atoms with Crippen LogP contribution in [0, 0.1) is 0 Å². The summed E-state index contributed by atoms with van der Waals surface area (Å²) >= 11 is 1.67. The van der Waals surface area contributed by atoms with Gasteiger partial charge in [-0.1, -0.05) is 72.4 Å². The average molecular weight is 435 g/mol. The highest BCUT2D eigenvalue weighted by atomic mass is 32.2. The van der Waals surface area contributed by atoms with Gasteiger partial charge in [-0.2, -0.15) is 0 Å². The summed E-state index contributed by atoms with van der Waals surface area (Å²) in [6, 6.07) is 28.0. The van der Waals surface area contributed by atoms with E-state index in [4.69, 9.17) is 0 Å². The van der Waals surface area contributed by atoms with Crippen molar-refractivity contribution in [2.45, 2.75) is 9.79 Å². The van der Waals surface area contributed by atoms with Gasteiger partial charge in [-0.15, -0.1) is 0 Å². The van der Waals surface area contributed by atoms with Crippen molar-refractivity contribution >= 4 is 29.1 Å². The molecule has 4 nitrogen and oxygen atoms in total. The van der Waals surface area contributed by atoms with Gasteiger partial charge in [0.15, 0.2) is 6.29 Å². The molecule has 0 saturated heterocycles. The van der Waals surface area contributed by atoms with Crippen molar-refractivity contribution in [3.63, 3.8) is 0 Å². The van der Waals surface area contributed by atoms with Crippen molar-refractivity contribution in [2.24, 2.45) is 7.05 Å². The number of para-hydroxylation sites is 1. The third-order valence-corrected chi connectivity index (χ3v) is 7.17. The Morgan fingerprint density at radius 3 is 2.34 bits per heavy atom. The number of carbonyl (C=O) groups is 1. The predicted molar refractivity (Wildman–Crippen MR) is 129 cm³/mol. The molecular weight excluding hydrogens is 416 g/mol. The summed E-state index contributed by atoms with van der Waals surface area (Å²) in [7, 11) is 1.80. The van der Waals surface area contributed by atoms with Gasteiger partial charge < -0.3 is 0 Å². The molecule has 5 heteroatoms. The molecule has 0 amide bonds. The number of hydrogen-bond donors (Lipinski definition) is 0. The Kier molecular flexibility index (Phi) is 4.20. The van der Waals surface area contributed by atoms with Crippen LogP contribution in [-0.2, 0) is 7.05 Å². The van der Waals surface area contributed by atoms with Crippen LogP contribution >= 0.6 is 11.8 Å². The van der Waals surface area contributed by atoms with Gasteiger partial charge in [0.2, 0.25) is 0 Å². The summed E-state index contributed by atoms with van der Waals surface area (Å²) in [5.74, 6) is 0. The predicted octanol–water partition coefficient (Wildman–Crippen LogP) is 5.94. The minimum atomic E-state index is -0.0895. The molecule has 2 heterocycles. The van der Waals surface area contributed by atoms with Gasteiger partial charge in [0.1, 0.15) is 0 Å². The van der Waals surface area contributed by atoms with E-state index in [1.54, 1.807) is 27.9 Å². The van der Waals surface area contributed by atoms with E-state index in [0.717, 1.165) is 55.1 Å². The summed E-state index contributed by atoms with van der Waals surface area (Å²) in [5.41, 5.74) is 6.94. The number of nitrogens with zero attached hydrogens (tertiary/aromatic N) is 2. The highest BCUT2D eigenvalue weighted by molar-refractivity contribution is 7.99. The Bertz CT molecular complexity index is 1600. The van der Waals surface area contributed by atoms with Crippen molar-refractivity contribution in [3.8, 4) is 27.9 Å². The number of imidazole rings is 1. The van der Waals surface area contributed by atoms with Crippen LogP contribution in [0.25, 0.3) is 39.0 Å². The molecule has 0 fully saturated rings. The summed E-state index contributed by atoms with van der Waals surface area (Å²) in [4.78, 5) is 27.4. The maximum absolute atomic E-state index is 13.3. The molecule has 154 valence electrons. The quantitative estimate of drug-likeness (QED) is 0.324. The lowest BCUT2D eigenvalue weighted by Gasteiger charge is -2.19. The molecule has 1 aromatic heterocycles. The number of benzene rings is 4. The number of hydrogen-bond acceptors (Lipinski definition) is 3. The molecule has 0 atom stereocenters. The second-order valence-corrected chi connectivity index (χ2v) is 8.92. The first-order valence-electron chi connectivity index (χ1n) is 10.3. The molecule has 0 radical (unpaired) electrons. The van der Waals surface area contributed by atoms with Crippen molar-refractivity contribution in [1.82, 2.24) is 9.13 Å². The molecule has 0 aliphatic carbocycles. The number of fused-ring (bicyclic) bond motifs is 2. The summed E-state index contributed by atoms with van der Waals surface area (Å²) in [6.45, 7) is 0. The zero-order chi connectivity index (χ0) is 21.8. The average Bonchev–Trinajstić information content (AvgIpc) is 3.12. The molecule has 0 unspecified atom stereocenters. The molecule has 1 aliphatic heterocycles. The molecule has 32 heavy (non-hydrogen) atoms. The van der Waals surface area contributed by atoms with Crippen LogP contribution in [-0.4, -0.2) is 15.4 Å². The zero-order valence-electron chi connectivity index (χ0n) is 17.3. The number of rotatable bonds is 3. The van der Waals surface area contributed by atoms with E-state index in [1.807, 2.05) is 66.7 Å². The van der Waals surface area contributed by atoms with E-state index >= 15 is 0 Å². The number of aryl methyl sites for hydroxylation is 1. The van der Waals surface area contributed by atoms with E-state index in [1.165, 1.54) is 0 Å². The number of carbonyl (C=O) groups excluding carboxylic acids is 1. The van der Waals surface area contributed by atoms with Crippen LogP contribution in [0.4, 0.5) is 0 Å². The molecule has 5 aromatic rings. The SMILES string of the molecule is Cn1c(=O)n2c3c(ccc(-c4cc(-c5ccccc5)ccc4C=O)c31)Sc1ccccc1-2. The van der Waals surface area contributed by atoms with E-state index in [9.17, 15) is 9.59 Å². The largest absolute Gasteiger partial charge is 0.333 e. The van der Waals surface area contributed by atoms with Gasteiger partial charge in [-0.05, 0) is 41.0 Å². The Balaban J connectivity index is 1.68. The van der Waals surface area contributed by atoms with Crippen molar-refractivity contribution in [2.75, 3.05) is 0 Å². The smallest absolute Gasteiger partial charge is 0.298 e. The zero-order valence-corrected chi connectivity index (χ0v) is 18.1. The molecular formula is C27H18N2O2S. The first-order valence-corrected chi connectivity index (χ1v) is 11.2. The van der Waals surface area contributed by atoms with Gasteiger partial charge in [-0.25, -0.2) is 4.79 Å². The third-order valence-electron chi connectivity index (χ3n) is 6.06. The normalized spacial score (nSPS) is 12.0. The number of aldehydes is 1. The Morgan fingerprint density at radius 1 is 0.750 bits per heavy atom. The monoisotopic (exact) mass is 434 g/mol. The molecule has 4 aromatic carbocycles. The highest BCUT2D eigenvalue weighted by Gasteiger charge is 2.26. The fraction of sp³-hybridized carbons (Fsp3) is 0.0370. The van der Waals surface area contributed by atoms with Crippen molar-refractivity contribution in [3.05, 3.63) is 101 Å². The summed E-state index contributed by atoms with van der Waals surface area (Å²) in [5, 5.41) is 0. The minimum Gasteiger partial charge on any atom is -0.298 e. The second-order valence-electron chi connectivity index (χ2n) is 7.84. The molecule has 0 saturated carbocycles. The van der Waals surface area contributed by atoms with E-state index in [-0.39, 0.29) is 5.69 Å². The van der Waals surface area contributed by atoms with Crippen molar-refractivity contribution in [1.29, 1.82) is 0 Å². The van der Waals surface area contributed by atoms with Crippen LogP contribution in [0.15, 0.2) is 99.5 Å². The van der Waals surface area contributed by atoms with E-state index in [0.29, 0.717) is 5.56 Å². The Labute approximate surface area is 188 Å². The topological polar surface area (TPSA) is 44.0 Å². The first-order chi connectivity index (χ1) is 15.7. The number of aromatic nitrogens is 2. The fourth-order valence-corrected chi connectivity index (χ4v) is 5.60. The van der Waals surface area contributed by atoms with E-state index in [2.05, 4.69) is 18.2 Å². The molecule has 0 spiro atoms. The van der Waals surface area contributed by atoms with Crippen LogP contribution in [0.5, 0.6) is 0 Å². The summed E-state index contributed by atoms with van der Waals surface area (Å²) in [6.07, 6.45) is 0.884. The molecule has 0 bridgehead atoms. The standard InChI is InChI=1S/C27H18N2O2S/c1-28-25-20(21-15-18(11-12-19(21)16-30)17-7-3-2-4-8-17)13-14-24-26(25)29(27(28)31)22-9-5-6-10-23(22)32-24/h2-16H,1H3. The lowest BCUT2D eigenvalue weighted by molar-refractivity contribution is 0.112. The Hall–Kier alpha value is -3.83. The summed E-state index contributed by atoms with van der Waals surface area (Å²) < 4.78 is 3.49. The molecule has 6 rings (SSSR count). The second kappa shape index (κ2) is 7.11. The molecule has 1 aliphatic rings. The highest BCUT2D eigenvalue weighted by Crippen LogP contribution is 2.44. The van der Waals surface area contributed by atoms with Gasteiger partial charge in [0, 0.05) is 28.0 Å². The van der Waals surface area contributed by atoms with Gasteiger partial charge in [0.25, 0.3) is 0 Å². The lowest BCUT2D eigenvalue weighted by atomic mass is 9.94. The van der Waals surface area contributed by atoms with Gasteiger partial charge in [0.05, 0.1) is 16.7 Å². The third kappa shape index (κ3) is 2.65. The van der Waals surface area contributed by atoms with Crippen molar-refractivity contribution < 1.29 is 4.79 Å². The van der Waals surface area contributed by atoms with Gasteiger partial charge >= 0.3 is 5.69 Å². The minimum absolute atomic E-state index is 0.0895. The van der Waals surface area contributed by atoms with Crippen LogP contribution < -0.4 is 5.69 Å². The first kappa shape index (κ1) is 18.9. The Morgan fingerprint density at radius 2 is 1.53 bits per heavy atom. The van der Waals surface area contributed by atoms with E-state index < -0.39 is 0 Å². The lowest BCUT2D eigenvalue weighted by Crippen LogP contribution is -2.22. The van der Waals surface area contributed by atoms with Crippen LogP contribution in [0.3, 0.4) is 0 Å².